The van der Waals surface area contributed by atoms with E-state index in [-0.39, 0.29) is 17.3 Å². The second-order valence-electron chi connectivity index (χ2n) is 8.76. The summed E-state index contributed by atoms with van der Waals surface area (Å²) in [4.78, 5) is 11.4. The Balaban J connectivity index is 1.78. The predicted octanol–water partition coefficient (Wildman–Crippen LogP) is 4.45. The van der Waals surface area contributed by atoms with E-state index in [1.807, 2.05) is 0 Å². The van der Waals surface area contributed by atoms with E-state index >= 15 is 0 Å². The fourth-order valence-electron chi connectivity index (χ4n) is 5.67. The van der Waals surface area contributed by atoms with E-state index in [0.29, 0.717) is 23.7 Å². The van der Waals surface area contributed by atoms with Gasteiger partial charge in [-0.2, -0.15) is 0 Å². The highest BCUT2D eigenvalue weighted by Crippen LogP contribution is 2.62. The summed E-state index contributed by atoms with van der Waals surface area (Å²) in [5, 5.41) is 9.91. The third-order valence-electron chi connectivity index (χ3n) is 7.73. The SMILES string of the molecule is CC1=CCC[C@@H]2[C@@](C)(CC[C@@H]3CC(=O)O[C@H]3O)[C@H](C)CC[C@@]12C. The molecule has 0 spiro atoms. The van der Waals surface area contributed by atoms with Crippen LogP contribution in [0.5, 0.6) is 0 Å². The Labute approximate surface area is 140 Å². The molecule has 1 aliphatic heterocycles. The number of cyclic esters (lactones) is 1. The van der Waals surface area contributed by atoms with Crippen molar-refractivity contribution in [2.75, 3.05) is 0 Å². The fourth-order valence-corrected chi connectivity index (χ4v) is 5.67. The zero-order valence-electron chi connectivity index (χ0n) is 15.1. The summed E-state index contributed by atoms with van der Waals surface area (Å²) in [7, 11) is 0. The minimum absolute atomic E-state index is 0.0139. The molecule has 0 aromatic heterocycles. The zero-order chi connectivity index (χ0) is 16.8. The summed E-state index contributed by atoms with van der Waals surface area (Å²) in [6, 6.07) is 0. The summed E-state index contributed by atoms with van der Waals surface area (Å²) in [6.45, 7) is 9.64. The van der Waals surface area contributed by atoms with Crippen LogP contribution in [0.25, 0.3) is 0 Å². The molecule has 6 atom stereocenters. The lowest BCUT2D eigenvalue weighted by Gasteiger charge is -2.58. The molecule has 3 rings (SSSR count). The topological polar surface area (TPSA) is 46.5 Å². The van der Waals surface area contributed by atoms with Crippen LogP contribution >= 0.6 is 0 Å². The Morgan fingerprint density at radius 2 is 2.09 bits per heavy atom. The van der Waals surface area contributed by atoms with Crippen LogP contribution in [0.2, 0.25) is 0 Å². The van der Waals surface area contributed by atoms with Crippen molar-refractivity contribution >= 4 is 5.97 Å². The molecule has 0 aromatic carbocycles. The van der Waals surface area contributed by atoms with Gasteiger partial charge in [0.25, 0.3) is 0 Å². The predicted molar refractivity (Wildman–Crippen MR) is 90.5 cm³/mol. The molecule has 1 N–H and O–H groups in total. The third-order valence-corrected chi connectivity index (χ3v) is 7.73. The molecular weight excluding hydrogens is 288 g/mol. The Morgan fingerprint density at radius 1 is 1.35 bits per heavy atom. The van der Waals surface area contributed by atoms with Crippen LogP contribution in [0.4, 0.5) is 0 Å². The number of rotatable bonds is 3. The third kappa shape index (κ3) is 2.75. The monoisotopic (exact) mass is 320 g/mol. The van der Waals surface area contributed by atoms with E-state index in [9.17, 15) is 9.90 Å². The molecule has 0 aromatic rings. The Kier molecular flexibility index (Phi) is 4.37. The zero-order valence-corrected chi connectivity index (χ0v) is 15.1. The van der Waals surface area contributed by atoms with Crippen molar-refractivity contribution in [3.05, 3.63) is 11.6 Å². The normalized spacial score (nSPS) is 47.0. The van der Waals surface area contributed by atoms with Gasteiger partial charge in [0.15, 0.2) is 0 Å². The van der Waals surface area contributed by atoms with E-state index in [0.717, 1.165) is 12.8 Å². The van der Waals surface area contributed by atoms with Crippen molar-refractivity contribution in [1.29, 1.82) is 0 Å². The summed E-state index contributed by atoms with van der Waals surface area (Å²) < 4.78 is 4.92. The molecule has 1 heterocycles. The molecular formula is C20H32O3. The molecule has 23 heavy (non-hydrogen) atoms. The van der Waals surface area contributed by atoms with Crippen LogP contribution < -0.4 is 0 Å². The Morgan fingerprint density at radius 3 is 2.74 bits per heavy atom. The number of aliphatic hydroxyl groups is 1. The number of hydrogen-bond donors (Lipinski definition) is 1. The number of carbonyl (C=O) groups excluding carboxylic acids is 1. The van der Waals surface area contributed by atoms with Gasteiger partial charge >= 0.3 is 5.97 Å². The second-order valence-corrected chi connectivity index (χ2v) is 8.76. The van der Waals surface area contributed by atoms with Crippen molar-refractivity contribution in [1.82, 2.24) is 0 Å². The van der Waals surface area contributed by atoms with Crippen LogP contribution in [0.1, 0.15) is 72.6 Å². The van der Waals surface area contributed by atoms with Crippen LogP contribution in [0.3, 0.4) is 0 Å². The number of allylic oxidation sites excluding steroid dienone is 2. The highest BCUT2D eigenvalue weighted by atomic mass is 16.6. The first-order valence-electron chi connectivity index (χ1n) is 9.32. The maximum absolute atomic E-state index is 11.4. The smallest absolute Gasteiger partial charge is 0.308 e. The van der Waals surface area contributed by atoms with E-state index in [2.05, 4.69) is 33.8 Å². The number of ether oxygens (including phenoxy) is 1. The summed E-state index contributed by atoms with van der Waals surface area (Å²) in [6.07, 6.45) is 8.96. The van der Waals surface area contributed by atoms with Crippen molar-refractivity contribution in [3.63, 3.8) is 0 Å². The first-order valence-corrected chi connectivity index (χ1v) is 9.32. The molecule has 130 valence electrons. The molecule has 0 amide bonds. The molecule has 0 radical (unpaired) electrons. The average molecular weight is 320 g/mol. The Hall–Kier alpha value is -0.830. The lowest BCUT2D eigenvalue weighted by atomic mass is 9.47. The highest BCUT2D eigenvalue weighted by molar-refractivity contribution is 5.71. The summed E-state index contributed by atoms with van der Waals surface area (Å²) in [5.41, 5.74) is 2.19. The van der Waals surface area contributed by atoms with Gasteiger partial charge in [0.05, 0.1) is 6.42 Å². The highest BCUT2D eigenvalue weighted by Gasteiger charge is 2.53. The average Bonchev–Trinajstić information content (AvgIpc) is 2.82. The van der Waals surface area contributed by atoms with Gasteiger partial charge in [-0.15, -0.1) is 0 Å². The minimum atomic E-state index is -0.885. The quantitative estimate of drug-likeness (QED) is 0.617. The maximum atomic E-state index is 11.4. The van der Waals surface area contributed by atoms with E-state index in [4.69, 9.17) is 4.74 Å². The van der Waals surface area contributed by atoms with Gasteiger partial charge < -0.3 is 9.84 Å². The number of carbonyl (C=O) groups is 1. The lowest BCUT2D eigenvalue weighted by molar-refractivity contribution is -0.156. The van der Waals surface area contributed by atoms with E-state index in [1.165, 1.54) is 25.7 Å². The van der Waals surface area contributed by atoms with Gasteiger partial charge in [-0.05, 0) is 68.1 Å². The van der Waals surface area contributed by atoms with Crippen molar-refractivity contribution < 1.29 is 14.6 Å². The molecule has 0 unspecified atom stereocenters. The van der Waals surface area contributed by atoms with Crippen LogP contribution in [0, 0.1) is 28.6 Å². The van der Waals surface area contributed by atoms with E-state index < -0.39 is 6.29 Å². The first-order chi connectivity index (χ1) is 10.8. The summed E-state index contributed by atoms with van der Waals surface area (Å²) >= 11 is 0. The van der Waals surface area contributed by atoms with Crippen molar-refractivity contribution in [2.45, 2.75) is 78.9 Å². The van der Waals surface area contributed by atoms with E-state index in [1.54, 1.807) is 5.57 Å². The molecule has 2 fully saturated rings. The fraction of sp³-hybridized carbons (Fsp3) is 0.850. The number of fused-ring (bicyclic) bond motifs is 1. The van der Waals surface area contributed by atoms with Gasteiger partial charge in [0.1, 0.15) is 0 Å². The van der Waals surface area contributed by atoms with Gasteiger partial charge in [0, 0.05) is 5.92 Å². The van der Waals surface area contributed by atoms with Crippen LogP contribution in [0.15, 0.2) is 11.6 Å². The standard InChI is InChI=1S/C20H32O3/c1-13-6-5-7-16-19(13,3)10-8-14(2)20(16,4)11-9-15-12-17(21)23-18(15)22/h6,14-16,18,22H,5,7-12H2,1-4H3/t14-,15-,16+,18-,19+,20+/m1/s1. The van der Waals surface area contributed by atoms with Crippen LogP contribution in [-0.4, -0.2) is 17.4 Å². The molecule has 3 heteroatoms. The van der Waals surface area contributed by atoms with Crippen molar-refractivity contribution in [2.24, 2.45) is 28.6 Å². The van der Waals surface area contributed by atoms with Crippen molar-refractivity contribution in [3.8, 4) is 0 Å². The maximum Gasteiger partial charge on any atom is 0.308 e. The number of esters is 1. The molecule has 2 aliphatic carbocycles. The molecule has 1 saturated heterocycles. The van der Waals surface area contributed by atoms with Gasteiger partial charge in [-0.1, -0.05) is 32.4 Å². The second kappa shape index (κ2) is 5.91. The molecule has 0 bridgehead atoms. The number of aliphatic hydroxyl groups excluding tert-OH is 1. The molecule has 3 aliphatic rings. The van der Waals surface area contributed by atoms with Gasteiger partial charge in [-0.25, -0.2) is 0 Å². The lowest BCUT2D eigenvalue weighted by Crippen LogP contribution is -2.49. The molecule has 3 nitrogen and oxygen atoms in total. The van der Waals surface area contributed by atoms with Gasteiger partial charge in [0.2, 0.25) is 6.29 Å². The van der Waals surface area contributed by atoms with Gasteiger partial charge in [-0.3, -0.25) is 4.79 Å². The first kappa shape index (κ1) is 17.0. The minimum Gasteiger partial charge on any atom is -0.436 e. The largest absolute Gasteiger partial charge is 0.436 e. The van der Waals surface area contributed by atoms with Crippen LogP contribution in [-0.2, 0) is 9.53 Å². The Bertz CT molecular complexity index is 511. The molecule has 1 saturated carbocycles. The number of hydrogen-bond acceptors (Lipinski definition) is 3. The summed E-state index contributed by atoms with van der Waals surface area (Å²) in [5.74, 6) is 1.14.